The lowest BCUT2D eigenvalue weighted by molar-refractivity contribution is 0.0429. The van der Waals surface area contributed by atoms with Crippen LogP contribution >= 0.6 is 11.6 Å². The van der Waals surface area contributed by atoms with E-state index in [1.54, 1.807) is 41.5 Å². The summed E-state index contributed by atoms with van der Waals surface area (Å²) in [5.74, 6) is -5.65. The summed E-state index contributed by atoms with van der Waals surface area (Å²) in [6.45, 7) is 9.35. The van der Waals surface area contributed by atoms with Gasteiger partial charge in [-0.3, -0.25) is 0 Å². The molecule has 0 fully saturated rings. The molecule has 2 rings (SSSR count). The Morgan fingerprint density at radius 2 is 1.46 bits per heavy atom. The van der Waals surface area contributed by atoms with Gasteiger partial charge in [0.1, 0.15) is 21.8 Å². The predicted octanol–water partition coefficient (Wildman–Crippen LogP) is 6.37. The van der Waals surface area contributed by atoms with E-state index in [4.69, 9.17) is 31.5 Å². The van der Waals surface area contributed by atoms with E-state index in [0.29, 0.717) is 4.90 Å². The molecule has 0 unspecified atom stereocenters. The lowest BCUT2D eigenvalue weighted by atomic mass is 10.1. The number of hydrogen-bond donors (Lipinski definition) is 2. The summed E-state index contributed by atoms with van der Waals surface area (Å²) in [7, 11) is 0. The normalized spacial score (nSPS) is 11.6. The van der Waals surface area contributed by atoms with E-state index in [9.17, 15) is 28.3 Å². The molecule has 0 bridgehead atoms. The number of benzene rings is 2. The minimum Gasteiger partial charge on any atom is -0.478 e. The fourth-order valence-electron chi connectivity index (χ4n) is 2.65. The van der Waals surface area contributed by atoms with Crippen molar-refractivity contribution < 1.29 is 42.5 Å². The maximum absolute atomic E-state index is 14.7. The average molecular weight is 515 g/mol. The van der Waals surface area contributed by atoms with Crippen LogP contribution in [0.5, 0.6) is 11.5 Å². The Kier molecular flexibility index (Phi) is 7.86. The molecule has 190 valence electrons. The minimum atomic E-state index is -1.67. The van der Waals surface area contributed by atoms with Crippen molar-refractivity contribution in [3.8, 4) is 11.5 Å². The number of imide groups is 1. The molecule has 0 saturated carbocycles. The first kappa shape index (κ1) is 27.6. The number of aromatic carboxylic acids is 1. The summed E-state index contributed by atoms with van der Waals surface area (Å²) in [5.41, 5.74) is 1.78. The highest BCUT2D eigenvalue weighted by Gasteiger charge is 2.35. The second-order valence-electron chi connectivity index (χ2n) is 9.25. The SMILES string of the molecule is CC(C)(C)OC(=O)N(C(=O)OC(C)(C)C)c1ccc(F)c(Oc2ccc(N)c(C(=O)O)c2F)c1Cl. The molecular formula is C23H25ClF2N2O7. The van der Waals surface area contributed by atoms with Crippen molar-refractivity contribution >= 4 is 41.1 Å². The van der Waals surface area contributed by atoms with Crippen molar-refractivity contribution in [1.82, 2.24) is 0 Å². The zero-order valence-corrected chi connectivity index (χ0v) is 20.6. The van der Waals surface area contributed by atoms with Crippen molar-refractivity contribution in [3.63, 3.8) is 0 Å². The molecule has 0 aromatic heterocycles. The molecule has 3 N–H and O–H groups in total. The molecule has 2 aromatic rings. The monoisotopic (exact) mass is 514 g/mol. The highest BCUT2D eigenvalue weighted by atomic mass is 35.5. The fraction of sp³-hybridized carbons (Fsp3) is 0.348. The van der Waals surface area contributed by atoms with Gasteiger partial charge in [-0.15, -0.1) is 0 Å². The Hall–Kier alpha value is -3.60. The number of carbonyl (C=O) groups excluding carboxylic acids is 2. The van der Waals surface area contributed by atoms with Gasteiger partial charge in [-0.25, -0.2) is 23.2 Å². The van der Waals surface area contributed by atoms with Crippen LogP contribution in [0.25, 0.3) is 0 Å². The number of nitrogens with two attached hydrogens (primary N) is 1. The van der Waals surface area contributed by atoms with Gasteiger partial charge in [-0.05, 0) is 65.8 Å². The third-order valence-corrected chi connectivity index (χ3v) is 4.35. The average Bonchev–Trinajstić information content (AvgIpc) is 2.65. The molecule has 0 spiro atoms. The molecule has 2 aromatic carbocycles. The van der Waals surface area contributed by atoms with Crippen LogP contribution in [0.4, 0.5) is 29.7 Å². The highest BCUT2D eigenvalue weighted by Crippen LogP contribution is 2.41. The number of hydrogen-bond acceptors (Lipinski definition) is 7. The standard InChI is InChI=1S/C23H25ClF2N2O7/c1-22(2,3)34-20(31)28(21(32)35-23(4,5)6)13-9-7-11(25)18(16(13)24)33-14-10-8-12(27)15(17(14)26)19(29)30/h7-10H,27H2,1-6H3,(H,29,30). The molecule has 0 atom stereocenters. The quantitative estimate of drug-likeness (QED) is 0.450. The van der Waals surface area contributed by atoms with Crippen molar-refractivity contribution in [2.75, 3.05) is 10.6 Å². The minimum absolute atomic E-state index is 0.385. The number of carboxylic acid groups (broad SMARTS) is 1. The van der Waals surface area contributed by atoms with Gasteiger partial charge in [0.25, 0.3) is 0 Å². The Morgan fingerprint density at radius 3 is 1.91 bits per heavy atom. The van der Waals surface area contributed by atoms with Crippen LogP contribution in [-0.4, -0.2) is 34.5 Å². The van der Waals surface area contributed by atoms with Crippen LogP contribution in [-0.2, 0) is 9.47 Å². The van der Waals surface area contributed by atoms with Gasteiger partial charge in [-0.2, -0.15) is 4.90 Å². The molecule has 35 heavy (non-hydrogen) atoms. The second-order valence-corrected chi connectivity index (χ2v) is 9.63. The summed E-state index contributed by atoms with van der Waals surface area (Å²) in [5, 5.41) is 8.57. The Labute approximate surface area is 205 Å². The van der Waals surface area contributed by atoms with Gasteiger partial charge in [0.2, 0.25) is 0 Å². The van der Waals surface area contributed by atoms with Crippen molar-refractivity contribution in [3.05, 3.63) is 46.5 Å². The maximum atomic E-state index is 14.7. The molecule has 0 radical (unpaired) electrons. The molecule has 0 heterocycles. The second kappa shape index (κ2) is 9.95. The summed E-state index contributed by atoms with van der Waals surface area (Å²) in [6.07, 6.45) is -2.36. The molecule has 0 aliphatic heterocycles. The molecule has 2 amide bonds. The van der Waals surface area contributed by atoms with E-state index >= 15 is 0 Å². The number of nitrogens with zero attached hydrogens (tertiary/aromatic N) is 1. The molecule has 0 aliphatic rings. The van der Waals surface area contributed by atoms with Crippen molar-refractivity contribution in [2.24, 2.45) is 0 Å². The number of carboxylic acids is 1. The van der Waals surface area contributed by atoms with E-state index in [-0.39, 0.29) is 11.4 Å². The number of anilines is 2. The first-order chi connectivity index (χ1) is 15.9. The van der Waals surface area contributed by atoms with Crippen molar-refractivity contribution in [2.45, 2.75) is 52.7 Å². The largest absolute Gasteiger partial charge is 0.478 e. The lowest BCUT2D eigenvalue weighted by Crippen LogP contribution is -2.44. The molecule has 0 saturated heterocycles. The van der Waals surface area contributed by atoms with E-state index in [1.165, 1.54) is 0 Å². The number of nitrogen functional groups attached to an aromatic ring is 1. The molecule has 9 nitrogen and oxygen atoms in total. The lowest BCUT2D eigenvalue weighted by Gasteiger charge is -2.29. The summed E-state index contributed by atoms with van der Waals surface area (Å²) < 4.78 is 45.1. The van der Waals surface area contributed by atoms with Crippen LogP contribution in [0, 0.1) is 11.6 Å². The van der Waals surface area contributed by atoms with Crippen LogP contribution in [0.2, 0.25) is 5.02 Å². The van der Waals surface area contributed by atoms with Crippen LogP contribution in [0.3, 0.4) is 0 Å². The van der Waals surface area contributed by atoms with Gasteiger partial charge in [0.05, 0.1) is 5.69 Å². The van der Waals surface area contributed by atoms with Crippen LogP contribution in [0.15, 0.2) is 24.3 Å². The van der Waals surface area contributed by atoms with Crippen molar-refractivity contribution in [1.29, 1.82) is 0 Å². The number of amides is 2. The molecule has 0 aliphatic carbocycles. The Balaban J connectivity index is 2.63. The van der Waals surface area contributed by atoms with E-state index in [1.807, 2.05) is 0 Å². The van der Waals surface area contributed by atoms with E-state index < -0.39 is 63.1 Å². The summed E-state index contributed by atoms with van der Waals surface area (Å²) in [6, 6.07) is 3.83. The zero-order chi connectivity index (χ0) is 26.9. The van der Waals surface area contributed by atoms with Gasteiger partial charge in [0, 0.05) is 5.69 Å². The highest BCUT2D eigenvalue weighted by molar-refractivity contribution is 6.36. The third-order valence-electron chi connectivity index (χ3n) is 3.99. The smallest absolute Gasteiger partial charge is 0.424 e. The summed E-state index contributed by atoms with van der Waals surface area (Å²) >= 11 is 6.29. The molecule has 12 heteroatoms. The molecular weight excluding hydrogens is 490 g/mol. The van der Waals surface area contributed by atoms with Crippen LogP contribution in [0.1, 0.15) is 51.9 Å². The van der Waals surface area contributed by atoms with Crippen LogP contribution < -0.4 is 15.4 Å². The van der Waals surface area contributed by atoms with Gasteiger partial charge >= 0.3 is 18.2 Å². The maximum Gasteiger partial charge on any atom is 0.424 e. The van der Waals surface area contributed by atoms with Gasteiger partial charge in [-0.1, -0.05) is 11.6 Å². The van der Waals surface area contributed by atoms with Gasteiger partial charge in [0.15, 0.2) is 23.1 Å². The van der Waals surface area contributed by atoms with Gasteiger partial charge < -0.3 is 25.1 Å². The zero-order valence-electron chi connectivity index (χ0n) is 19.9. The number of rotatable bonds is 4. The fourth-order valence-corrected chi connectivity index (χ4v) is 2.93. The Morgan fingerprint density at radius 1 is 0.943 bits per heavy atom. The first-order valence-electron chi connectivity index (χ1n) is 10.2. The van der Waals surface area contributed by atoms with E-state index in [0.717, 1.165) is 24.3 Å². The predicted molar refractivity (Wildman–Crippen MR) is 124 cm³/mol. The van der Waals surface area contributed by atoms with E-state index in [2.05, 4.69) is 0 Å². The Bertz CT molecular complexity index is 1150. The number of carbonyl (C=O) groups is 3. The number of halogens is 3. The topological polar surface area (TPSA) is 128 Å². The summed E-state index contributed by atoms with van der Waals surface area (Å²) in [4.78, 5) is 37.5. The first-order valence-corrected chi connectivity index (χ1v) is 10.5. The third kappa shape index (κ3) is 6.72. The number of ether oxygens (including phenoxy) is 3.